The third-order valence-electron chi connectivity index (χ3n) is 3.58. The summed E-state index contributed by atoms with van der Waals surface area (Å²) in [6.45, 7) is 3.80. The summed E-state index contributed by atoms with van der Waals surface area (Å²) in [7, 11) is -3.95. The van der Waals surface area contributed by atoms with Crippen LogP contribution in [-0.4, -0.2) is 13.4 Å². The molecule has 3 rings (SSSR count). The van der Waals surface area contributed by atoms with E-state index in [1.54, 1.807) is 30.3 Å². The first-order valence-corrected chi connectivity index (χ1v) is 8.70. The Balaban J connectivity index is 2.13. The lowest BCUT2D eigenvalue weighted by Crippen LogP contribution is -2.02. The molecule has 1 aromatic heterocycles. The largest absolute Gasteiger partial charge is 0.423 e. The zero-order valence-corrected chi connectivity index (χ0v) is 14.0. The number of nitrogens with zero attached hydrogens (tertiary/aromatic N) is 2. The van der Waals surface area contributed by atoms with Gasteiger partial charge in [-0.05, 0) is 38.1 Å². The van der Waals surface area contributed by atoms with Crippen LogP contribution >= 0.6 is 0 Å². The van der Waals surface area contributed by atoms with E-state index >= 15 is 0 Å². The van der Waals surface area contributed by atoms with E-state index < -0.39 is 14.9 Å². The highest BCUT2D eigenvalue weighted by atomic mass is 32.2. The van der Waals surface area contributed by atoms with Gasteiger partial charge in [-0.2, -0.15) is 10.2 Å². The average Bonchev–Trinajstić information content (AvgIpc) is 3.01. The van der Waals surface area contributed by atoms with E-state index in [1.165, 1.54) is 12.1 Å². The fourth-order valence-corrected chi connectivity index (χ4v) is 3.45. The Morgan fingerprint density at radius 1 is 0.958 bits per heavy atom. The highest BCUT2D eigenvalue weighted by Gasteiger charge is 2.28. The van der Waals surface area contributed by atoms with Gasteiger partial charge < -0.3 is 4.42 Å². The zero-order valence-electron chi connectivity index (χ0n) is 13.1. The lowest BCUT2D eigenvalue weighted by molar-refractivity contribution is 0.457. The Kier molecular flexibility index (Phi) is 3.96. The molecular formula is C18H14N2O3S. The number of hydrogen-bond acceptors (Lipinski definition) is 5. The topological polar surface area (TPSA) is 84.0 Å². The molecule has 0 saturated carbocycles. The van der Waals surface area contributed by atoms with Crippen molar-refractivity contribution in [3.8, 4) is 17.5 Å². The molecule has 0 atom stereocenters. The van der Waals surface area contributed by atoms with Crippen LogP contribution in [0.1, 0.15) is 16.8 Å². The highest BCUT2D eigenvalue weighted by molar-refractivity contribution is 7.91. The number of aromatic nitrogens is 1. The van der Waals surface area contributed by atoms with Crippen molar-refractivity contribution in [2.45, 2.75) is 23.8 Å². The van der Waals surface area contributed by atoms with Gasteiger partial charge in [0.1, 0.15) is 6.07 Å². The maximum Gasteiger partial charge on any atom is 0.261 e. The van der Waals surface area contributed by atoms with Crippen LogP contribution in [0.4, 0.5) is 0 Å². The third kappa shape index (κ3) is 2.82. The fourth-order valence-electron chi connectivity index (χ4n) is 2.20. The first-order valence-electron chi connectivity index (χ1n) is 7.21. The number of rotatable bonds is 3. The van der Waals surface area contributed by atoms with Crippen molar-refractivity contribution in [1.82, 2.24) is 4.98 Å². The van der Waals surface area contributed by atoms with Gasteiger partial charge in [-0.3, -0.25) is 0 Å². The van der Waals surface area contributed by atoms with Crippen LogP contribution < -0.4 is 0 Å². The summed E-state index contributed by atoms with van der Waals surface area (Å²) >= 11 is 0. The monoisotopic (exact) mass is 338 g/mol. The summed E-state index contributed by atoms with van der Waals surface area (Å²) in [5.74, 6) is 0.109. The number of nitriles is 1. The van der Waals surface area contributed by atoms with Gasteiger partial charge in [-0.1, -0.05) is 35.4 Å². The van der Waals surface area contributed by atoms with Crippen molar-refractivity contribution in [1.29, 1.82) is 5.26 Å². The van der Waals surface area contributed by atoms with E-state index in [9.17, 15) is 13.7 Å². The number of oxazole rings is 1. The van der Waals surface area contributed by atoms with Crippen molar-refractivity contribution in [2.75, 3.05) is 0 Å². The SMILES string of the molecule is Cc1ccc(-c2nc(C#N)c(S(=O)(=O)c3ccc(C)cc3)o2)cc1. The van der Waals surface area contributed by atoms with E-state index in [4.69, 9.17) is 4.42 Å². The smallest absolute Gasteiger partial charge is 0.261 e. The summed E-state index contributed by atoms with van der Waals surface area (Å²) in [5, 5.41) is 8.81. The van der Waals surface area contributed by atoms with E-state index in [-0.39, 0.29) is 16.5 Å². The first-order chi connectivity index (χ1) is 11.4. The van der Waals surface area contributed by atoms with Gasteiger partial charge in [0.25, 0.3) is 5.09 Å². The number of aryl methyl sites for hydroxylation is 2. The Morgan fingerprint density at radius 3 is 2.04 bits per heavy atom. The van der Waals surface area contributed by atoms with E-state index in [0.29, 0.717) is 5.56 Å². The lowest BCUT2D eigenvalue weighted by Gasteiger charge is -2.01. The molecule has 0 N–H and O–H groups in total. The van der Waals surface area contributed by atoms with Gasteiger partial charge in [0.15, 0.2) is 5.69 Å². The van der Waals surface area contributed by atoms with Crippen molar-refractivity contribution < 1.29 is 12.8 Å². The Labute approximate surface area is 140 Å². The van der Waals surface area contributed by atoms with Crippen LogP contribution in [0.25, 0.3) is 11.5 Å². The molecule has 24 heavy (non-hydrogen) atoms. The van der Waals surface area contributed by atoms with Crippen molar-refractivity contribution >= 4 is 9.84 Å². The normalized spacial score (nSPS) is 11.2. The number of sulfone groups is 1. The standard InChI is InChI=1S/C18H14N2O3S/c1-12-3-7-14(8-4-12)17-20-16(11-19)18(23-17)24(21,22)15-9-5-13(2)6-10-15/h3-10H,1-2H3. The molecule has 0 amide bonds. The molecule has 1 heterocycles. The molecule has 6 heteroatoms. The molecule has 2 aromatic carbocycles. The molecule has 0 aliphatic rings. The average molecular weight is 338 g/mol. The van der Waals surface area contributed by atoms with E-state index in [1.807, 2.05) is 26.0 Å². The van der Waals surface area contributed by atoms with Crippen LogP contribution in [-0.2, 0) is 9.84 Å². The predicted octanol–water partition coefficient (Wildman–Crippen LogP) is 3.66. The van der Waals surface area contributed by atoms with Crippen molar-refractivity contribution in [3.05, 3.63) is 65.4 Å². The molecule has 120 valence electrons. The molecule has 0 bridgehead atoms. The Morgan fingerprint density at radius 2 is 1.50 bits per heavy atom. The van der Waals surface area contributed by atoms with Gasteiger partial charge in [0.05, 0.1) is 4.90 Å². The summed E-state index contributed by atoms with van der Waals surface area (Å²) in [6, 6.07) is 15.4. The molecular weight excluding hydrogens is 324 g/mol. The van der Waals surface area contributed by atoms with Crippen LogP contribution in [0.5, 0.6) is 0 Å². The molecule has 0 aliphatic carbocycles. The molecule has 5 nitrogen and oxygen atoms in total. The Hall–Kier alpha value is -2.91. The Bertz CT molecular complexity index is 1030. The molecule has 3 aromatic rings. The summed E-state index contributed by atoms with van der Waals surface area (Å²) in [5.41, 5.74) is 2.36. The summed E-state index contributed by atoms with van der Waals surface area (Å²) in [6.07, 6.45) is 0. The quantitative estimate of drug-likeness (QED) is 0.727. The molecule has 0 radical (unpaired) electrons. The maximum atomic E-state index is 12.7. The van der Waals surface area contributed by atoms with Crippen molar-refractivity contribution in [2.24, 2.45) is 0 Å². The minimum atomic E-state index is -3.95. The van der Waals surface area contributed by atoms with Gasteiger partial charge in [0.2, 0.25) is 15.7 Å². The van der Waals surface area contributed by atoms with E-state index in [0.717, 1.165) is 11.1 Å². The van der Waals surface area contributed by atoms with Gasteiger partial charge in [-0.15, -0.1) is 0 Å². The van der Waals surface area contributed by atoms with Crippen LogP contribution in [0.15, 0.2) is 62.9 Å². The third-order valence-corrected chi connectivity index (χ3v) is 5.23. The van der Waals surface area contributed by atoms with Crippen LogP contribution in [0, 0.1) is 25.2 Å². The predicted molar refractivity (Wildman–Crippen MR) is 88.0 cm³/mol. The lowest BCUT2D eigenvalue weighted by atomic mass is 10.1. The molecule has 0 fully saturated rings. The fraction of sp³-hybridized carbons (Fsp3) is 0.111. The second-order valence-corrected chi connectivity index (χ2v) is 7.30. The molecule has 0 spiro atoms. The highest BCUT2D eigenvalue weighted by Crippen LogP contribution is 2.29. The zero-order chi connectivity index (χ0) is 17.3. The molecule has 0 unspecified atom stereocenters. The molecule has 0 aliphatic heterocycles. The van der Waals surface area contributed by atoms with Gasteiger partial charge >= 0.3 is 0 Å². The second-order valence-electron chi connectivity index (χ2n) is 5.45. The van der Waals surface area contributed by atoms with Gasteiger partial charge in [0, 0.05) is 5.56 Å². The van der Waals surface area contributed by atoms with Crippen LogP contribution in [0.2, 0.25) is 0 Å². The van der Waals surface area contributed by atoms with Crippen LogP contribution in [0.3, 0.4) is 0 Å². The minimum absolute atomic E-state index is 0.0659. The number of benzene rings is 2. The second kappa shape index (κ2) is 5.95. The first kappa shape index (κ1) is 16.0. The minimum Gasteiger partial charge on any atom is -0.423 e. The van der Waals surface area contributed by atoms with Crippen molar-refractivity contribution in [3.63, 3.8) is 0 Å². The molecule has 0 saturated heterocycles. The summed E-state index contributed by atoms with van der Waals surface area (Å²) in [4.78, 5) is 4.10. The maximum absolute atomic E-state index is 12.7. The van der Waals surface area contributed by atoms with E-state index in [2.05, 4.69) is 4.98 Å². The van der Waals surface area contributed by atoms with Gasteiger partial charge in [-0.25, -0.2) is 8.42 Å². The number of hydrogen-bond donors (Lipinski definition) is 0. The summed E-state index contributed by atoms with van der Waals surface area (Å²) < 4.78 is 30.9.